The molecular formula is C21H27ClN2O2. The van der Waals surface area contributed by atoms with Crippen molar-refractivity contribution in [1.29, 1.82) is 0 Å². The van der Waals surface area contributed by atoms with Crippen molar-refractivity contribution in [2.45, 2.75) is 51.2 Å². The van der Waals surface area contributed by atoms with Crippen LogP contribution in [0.5, 0.6) is 5.75 Å². The Bertz CT molecular complexity index is 762. The van der Waals surface area contributed by atoms with E-state index in [1.54, 1.807) is 0 Å². The molecule has 26 heavy (non-hydrogen) atoms. The number of hydrogen-bond acceptors (Lipinski definition) is 3. The van der Waals surface area contributed by atoms with E-state index in [2.05, 4.69) is 5.32 Å². The lowest BCUT2D eigenvalue weighted by Crippen LogP contribution is -2.42. The number of hydrogen-bond donors (Lipinski definition) is 2. The zero-order chi connectivity index (χ0) is 18.0. The van der Waals surface area contributed by atoms with Crippen LogP contribution >= 0.6 is 12.4 Å². The average Bonchev–Trinajstić information content (AvgIpc) is 2.56. The fourth-order valence-corrected chi connectivity index (χ4v) is 3.53. The Hall–Kier alpha value is -2.20. The molecule has 2 aromatic carbocycles. The molecule has 0 saturated carbocycles. The maximum Gasteiger partial charge on any atom is 0.228 e. The highest BCUT2D eigenvalue weighted by Gasteiger charge is 2.35. The van der Waals surface area contributed by atoms with E-state index in [0.29, 0.717) is 12.1 Å². The molecule has 1 aliphatic heterocycles. The molecule has 0 spiro atoms. The van der Waals surface area contributed by atoms with E-state index in [9.17, 15) is 4.79 Å². The summed E-state index contributed by atoms with van der Waals surface area (Å²) in [5, 5.41) is 3.23. The number of nitrogen functional groups attached to an aromatic ring is 1. The standard InChI is InChI=1S/C21H26N2O2.ClH/c1-4-16(14-8-6-5-7-9-14)20(24)23-18-13-21(2,3)25-19-11-10-15(22)12-17(18)19;/h5-12,16,18H,4,13,22H2,1-3H3,(H,23,24);1H. The highest BCUT2D eigenvalue weighted by Crippen LogP contribution is 2.40. The van der Waals surface area contributed by atoms with Crippen molar-refractivity contribution in [1.82, 2.24) is 5.32 Å². The molecule has 2 unspecified atom stereocenters. The number of nitrogens with two attached hydrogens (primary N) is 1. The Balaban J connectivity index is 0.00000243. The predicted octanol–water partition coefficient (Wildman–Crippen LogP) is 4.60. The number of halogens is 1. The van der Waals surface area contributed by atoms with E-state index in [1.165, 1.54) is 0 Å². The number of rotatable bonds is 4. The van der Waals surface area contributed by atoms with Crippen molar-refractivity contribution >= 4 is 24.0 Å². The van der Waals surface area contributed by atoms with Crippen LogP contribution in [0.25, 0.3) is 0 Å². The normalized spacial score (nSPS) is 18.7. The van der Waals surface area contributed by atoms with Crippen molar-refractivity contribution < 1.29 is 9.53 Å². The first-order valence-electron chi connectivity index (χ1n) is 8.83. The minimum atomic E-state index is -0.338. The van der Waals surface area contributed by atoms with Gasteiger partial charge in [0.25, 0.3) is 0 Å². The first-order valence-corrected chi connectivity index (χ1v) is 8.83. The highest BCUT2D eigenvalue weighted by molar-refractivity contribution is 5.85. The van der Waals surface area contributed by atoms with Crippen LogP contribution < -0.4 is 15.8 Å². The first-order chi connectivity index (χ1) is 11.9. The SMILES string of the molecule is CCC(C(=O)NC1CC(C)(C)Oc2ccc(N)cc21)c1ccccc1.Cl. The third-order valence-electron chi connectivity index (χ3n) is 4.73. The van der Waals surface area contributed by atoms with Crippen LogP contribution in [0.4, 0.5) is 5.69 Å². The van der Waals surface area contributed by atoms with E-state index in [4.69, 9.17) is 10.5 Å². The third-order valence-corrected chi connectivity index (χ3v) is 4.73. The molecule has 1 heterocycles. The minimum Gasteiger partial charge on any atom is -0.487 e. The fraction of sp³-hybridized carbons (Fsp3) is 0.381. The number of carbonyl (C=O) groups is 1. The number of anilines is 1. The van der Waals surface area contributed by atoms with Gasteiger partial charge >= 0.3 is 0 Å². The summed E-state index contributed by atoms with van der Waals surface area (Å²) in [5.41, 5.74) is 8.29. The molecule has 0 fully saturated rings. The van der Waals surface area contributed by atoms with Gasteiger partial charge in [-0.15, -0.1) is 12.4 Å². The van der Waals surface area contributed by atoms with Gasteiger partial charge < -0.3 is 15.8 Å². The second-order valence-electron chi connectivity index (χ2n) is 7.30. The summed E-state index contributed by atoms with van der Waals surface area (Å²) in [4.78, 5) is 13.0. The second kappa shape index (κ2) is 8.00. The maximum atomic E-state index is 13.0. The Morgan fingerprint density at radius 2 is 1.96 bits per heavy atom. The van der Waals surface area contributed by atoms with Crippen molar-refractivity contribution in [3.8, 4) is 5.75 Å². The molecule has 1 aliphatic rings. The molecule has 1 amide bonds. The summed E-state index contributed by atoms with van der Waals surface area (Å²) < 4.78 is 6.05. The van der Waals surface area contributed by atoms with Gasteiger partial charge in [0.05, 0.1) is 12.0 Å². The number of ether oxygens (including phenoxy) is 1. The zero-order valence-electron chi connectivity index (χ0n) is 15.5. The summed E-state index contributed by atoms with van der Waals surface area (Å²) in [6, 6.07) is 15.4. The topological polar surface area (TPSA) is 64.3 Å². The number of carbonyl (C=O) groups excluding carboxylic acids is 1. The Labute approximate surface area is 161 Å². The van der Waals surface area contributed by atoms with Gasteiger partial charge in [-0.3, -0.25) is 4.79 Å². The largest absolute Gasteiger partial charge is 0.487 e. The van der Waals surface area contributed by atoms with Crippen molar-refractivity contribution in [3.05, 3.63) is 59.7 Å². The molecule has 0 radical (unpaired) electrons. The lowest BCUT2D eigenvalue weighted by molar-refractivity contribution is -0.123. The van der Waals surface area contributed by atoms with Crippen LogP contribution in [0.3, 0.4) is 0 Å². The molecule has 3 rings (SSSR count). The number of benzene rings is 2. The lowest BCUT2D eigenvalue weighted by atomic mass is 9.88. The Morgan fingerprint density at radius 1 is 1.27 bits per heavy atom. The quantitative estimate of drug-likeness (QED) is 0.768. The Morgan fingerprint density at radius 3 is 2.62 bits per heavy atom. The van der Waals surface area contributed by atoms with E-state index in [1.807, 2.05) is 69.3 Å². The zero-order valence-corrected chi connectivity index (χ0v) is 16.3. The second-order valence-corrected chi connectivity index (χ2v) is 7.30. The van der Waals surface area contributed by atoms with E-state index >= 15 is 0 Å². The number of amides is 1. The summed E-state index contributed by atoms with van der Waals surface area (Å²) in [6.45, 7) is 6.12. The average molecular weight is 375 g/mol. The van der Waals surface area contributed by atoms with Crippen LogP contribution in [0.2, 0.25) is 0 Å². The van der Waals surface area contributed by atoms with Crippen molar-refractivity contribution in [3.63, 3.8) is 0 Å². The summed E-state index contributed by atoms with van der Waals surface area (Å²) >= 11 is 0. The van der Waals surface area contributed by atoms with Gasteiger partial charge in [0, 0.05) is 17.7 Å². The smallest absolute Gasteiger partial charge is 0.228 e. The molecule has 4 nitrogen and oxygen atoms in total. The number of fused-ring (bicyclic) bond motifs is 1. The van der Waals surface area contributed by atoms with Crippen molar-refractivity contribution in [2.24, 2.45) is 0 Å². The first kappa shape index (κ1) is 20.1. The molecule has 140 valence electrons. The van der Waals surface area contributed by atoms with Crippen LogP contribution in [-0.2, 0) is 4.79 Å². The van der Waals surface area contributed by atoms with Crippen LogP contribution in [-0.4, -0.2) is 11.5 Å². The minimum absolute atomic E-state index is 0. The molecular weight excluding hydrogens is 348 g/mol. The summed E-state index contributed by atoms with van der Waals surface area (Å²) in [6.07, 6.45) is 1.46. The fourth-order valence-electron chi connectivity index (χ4n) is 3.53. The molecule has 5 heteroatoms. The number of nitrogens with one attached hydrogen (secondary N) is 1. The third kappa shape index (κ3) is 4.31. The molecule has 3 N–H and O–H groups in total. The summed E-state index contributed by atoms with van der Waals surface area (Å²) in [7, 11) is 0. The molecule has 2 aromatic rings. The van der Waals surface area contributed by atoms with E-state index in [0.717, 1.165) is 23.3 Å². The van der Waals surface area contributed by atoms with Gasteiger partial charge in [-0.1, -0.05) is 37.3 Å². The van der Waals surface area contributed by atoms with Crippen LogP contribution in [0.15, 0.2) is 48.5 Å². The lowest BCUT2D eigenvalue weighted by Gasteiger charge is -2.38. The van der Waals surface area contributed by atoms with Gasteiger partial charge in [-0.25, -0.2) is 0 Å². The van der Waals surface area contributed by atoms with E-state index < -0.39 is 0 Å². The van der Waals surface area contributed by atoms with Gasteiger partial charge in [-0.2, -0.15) is 0 Å². The molecule has 0 saturated heterocycles. The maximum absolute atomic E-state index is 13.0. The molecule has 0 aromatic heterocycles. The predicted molar refractivity (Wildman–Crippen MR) is 108 cm³/mol. The monoisotopic (exact) mass is 374 g/mol. The van der Waals surface area contributed by atoms with Crippen molar-refractivity contribution in [2.75, 3.05) is 5.73 Å². The summed E-state index contributed by atoms with van der Waals surface area (Å²) in [5.74, 6) is 0.685. The van der Waals surface area contributed by atoms with Gasteiger partial charge in [-0.05, 0) is 44.0 Å². The van der Waals surface area contributed by atoms with Gasteiger partial charge in [0.2, 0.25) is 5.91 Å². The highest BCUT2D eigenvalue weighted by atomic mass is 35.5. The van der Waals surface area contributed by atoms with Gasteiger partial charge in [0.15, 0.2) is 0 Å². The van der Waals surface area contributed by atoms with Crippen LogP contribution in [0, 0.1) is 0 Å². The van der Waals surface area contributed by atoms with Gasteiger partial charge in [0.1, 0.15) is 11.4 Å². The van der Waals surface area contributed by atoms with Crippen LogP contribution in [0.1, 0.15) is 56.7 Å². The molecule has 0 aliphatic carbocycles. The van der Waals surface area contributed by atoms with E-state index in [-0.39, 0.29) is 35.9 Å². The molecule has 0 bridgehead atoms. The molecule has 2 atom stereocenters. The Kier molecular flexibility index (Phi) is 6.19.